The number of hydrogen-bond acceptors (Lipinski definition) is 3. The first-order valence-corrected chi connectivity index (χ1v) is 12.2. The van der Waals surface area contributed by atoms with Crippen LogP contribution in [0, 0.1) is 11.8 Å². The Morgan fingerprint density at radius 1 is 1.00 bits per heavy atom. The molecular formula is C23H45N5O. The molecule has 0 bridgehead atoms. The minimum absolute atomic E-state index is 0.197. The topological polar surface area (TPSA) is 60.0 Å². The van der Waals surface area contributed by atoms with Gasteiger partial charge in [-0.1, -0.05) is 20.8 Å². The number of carbonyl (C=O) groups is 1. The molecule has 0 radical (unpaired) electrons. The summed E-state index contributed by atoms with van der Waals surface area (Å²) in [6, 6.07) is 0.409. The van der Waals surface area contributed by atoms with Crippen molar-refractivity contribution in [1.82, 2.24) is 20.4 Å². The summed E-state index contributed by atoms with van der Waals surface area (Å²) in [4.78, 5) is 22.1. The number of hydrogen-bond donors (Lipinski definition) is 2. The Bertz CT molecular complexity index is 489. The fraction of sp³-hybridized carbons (Fsp3) is 0.913. The van der Waals surface area contributed by atoms with Crippen molar-refractivity contribution in [1.29, 1.82) is 0 Å². The molecule has 2 aliphatic heterocycles. The number of carbonyl (C=O) groups excluding carboxylic acids is 1. The van der Waals surface area contributed by atoms with Crippen molar-refractivity contribution in [3.8, 4) is 0 Å². The van der Waals surface area contributed by atoms with Gasteiger partial charge in [-0.3, -0.25) is 9.79 Å². The Kier molecular flexibility index (Phi) is 10.8. The molecule has 168 valence electrons. The average molecular weight is 408 g/mol. The highest BCUT2D eigenvalue weighted by atomic mass is 16.2. The summed E-state index contributed by atoms with van der Waals surface area (Å²) in [5.41, 5.74) is 0. The summed E-state index contributed by atoms with van der Waals surface area (Å²) in [5.74, 6) is 2.32. The zero-order valence-electron chi connectivity index (χ0n) is 19.4. The van der Waals surface area contributed by atoms with Gasteiger partial charge in [-0.25, -0.2) is 0 Å². The molecule has 0 saturated carbocycles. The zero-order chi connectivity index (χ0) is 21.1. The summed E-state index contributed by atoms with van der Waals surface area (Å²) < 4.78 is 0. The van der Waals surface area contributed by atoms with Crippen LogP contribution in [0.2, 0.25) is 0 Å². The maximum absolute atomic E-state index is 12.6. The first kappa shape index (κ1) is 24.0. The minimum Gasteiger partial charge on any atom is -0.357 e. The number of piperidine rings is 2. The fourth-order valence-electron chi connectivity index (χ4n) is 4.60. The molecule has 2 aliphatic rings. The lowest BCUT2D eigenvalue weighted by molar-refractivity contribution is -0.136. The van der Waals surface area contributed by atoms with Crippen molar-refractivity contribution in [3.63, 3.8) is 0 Å². The Hall–Kier alpha value is -1.30. The quantitative estimate of drug-likeness (QED) is 0.455. The monoisotopic (exact) mass is 407 g/mol. The molecule has 6 heteroatoms. The second kappa shape index (κ2) is 13.1. The molecular weight excluding hydrogens is 362 g/mol. The van der Waals surface area contributed by atoms with Crippen molar-refractivity contribution in [3.05, 3.63) is 0 Å². The number of rotatable bonds is 9. The summed E-state index contributed by atoms with van der Waals surface area (Å²) in [6.07, 6.45) is 7.73. The van der Waals surface area contributed by atoms with Crippen molar-refractivity contribution in [2.24, 2.45) is 16.8 Å². The summed E-state index contributed by atoms with van der Waals surface area (Å²) >= 11 is 0. The largest absolute Gasteiger partial charge is 0.357 e. The van der Waals surface area contributed by atoms with Gasteiger partial charge in [0.25, 0.3) is 0 Å². The van der Waals surface area contributed by atoms with Crippen LogP contribution in [0.5, 0.6) is 0 Å². The smallest absolute Gasteiger partial charge is 0.225 e. The van der Waals surface area contributed by atoms with Crippen LogP contribution >= 0.6 is 0 Å². The summed E-state index contributed by atoms with van der Waals surface area (Å²) in [6.45, 7) is 15.8. The molecule has 2 saturated heterocycles. The maximum Gasteiger partial charge on any atom is 0.225 e. The molecule has 2 rings (SSSR count). The Balaban J connectivity index is 1.74. The van der Waals surface area contributed by atoms with E-state index in [0.29, 0.717) is 11.9 Å². The van der Waals surface area contributed by atoms with Crippen LogP contribution in [0.1, 0.15) is 72.6 Å². The number of aliphatic imine (C=N–C) groups is 1. The van der Waals surface area contributed by atoms with Crippen molar-refractivity contribution < 1.29 is 4.79 Å². The van der Waals surface area contributed by atoms with Crippen LogP contribution in [0.25, 0.3) is 0 Å². The van der Waals surface area contributed by atoms with E-state index in [9.17, 15) is 4.79 Å². The van der Waals surface area contributed by atoms with E-state index in [2.05, 4.69) is 48.1 Å². The normalized spacial score (nSPS) is 20.3. The van der Waals surface area contributed by atoms with Crippen LogP contribution in [0.4, 0.5) is 0 Å². The number of likely N-dealkylation sites (tertiary alicyclic amines) is 2. The van der Waals surface area contributed by atoms with Gasteiger partial charge in [0.05, 0.1) is 0 Å². The van der Waals surface area contributed by atoms with E-state index in [1.54, 1.807) is 0 Å². The standard InChI is InChI=1S/C23H45N5O/c1-5-20(6-2)22(29)28-17-12-21(13-18-28)26-23(24-7-3)25-14-9-19-10-15-27(8-4)16-11-19/h19-21H,5-18H2,1-4H3,(H2,24,25,26). The van der Waals surface area contributed by atoms with E-state index < -0.39 is 0 Å². The number of nitrogens with zero attached hydrogens (tertiary/aromatic N) is 3. The number of guanidine groups is 1. The fourth-order valence-corrected chi connectivity index (χ4v) is 4.60. The lowest BCUT2D eigenvalue weighted by Gasteiger charge is -2.35. The van der Waals surface area contributed by atoms with Crippen LogP contribution in [-0.2, 0) is 4.79 Å². The highest BCUT2D eigenvalue weighted by Crippen LogP contribution is 2.20. The molecule has 0 aromatic heterocycles. The molecule has 1 amide bonds. The third-order valence-corrected chi connectivity index (χ3v) is 6.79. The predicted molar refractivity (Wildman–Crippen MR) is 122 cm³/mol. The Morgan fingerprint density at radius 3 is 2.21 bits per heavy atom. The van der Waals surface area contributed by atoms with Crippen LogP contribution < -0.4 is 10.6 Å². The van der Waals surface area contributed by atoms with Crippen molar-refractivity contribution in [2.75, 3.05) is 45.8 Å². The molecule has 0 aromatic carbocycles. The van der Waals surface area contributed by atoms with E-state index >= 15 is 0 Å². The second-order valence-electron chi connectivity index (χ2n) is 8.68. The minimum atomic E-state index is 0.197. The average Bonchev–Trinajstić information content (AvgIpc) is 2.75. The summed E-state index contributed by atoms with van der Waals surface area (Å²) in [7, 11) is 0. The molecule has 0 spiro atoms. The SMILES string of the molecule is CCNC(=NCCC1CCN(CC)CC1)NC1CCN(C(=O)C(CC)CC)CC1. The van der Waals surface area contributed by atoms with Crippen LogP contribution in [-0.4, -0.2) is 73.5 Å². The molecule has 6 nitrogen and oxygen atoms in total. The summed E-state index contributed by atoms with van der Waals surface area (Å²) in [5, 5.41) is 7.02. The van der Waals surface area contributed by atoms with E-state index in [4.69, 9.17) is 4.99 Å². The first-order chi connectivity index (χ1) is 14.1. The van der Waals surface area contributed by atoms with E-state index in [0.717, 1.165) is 63.7 Å². The van der Waals surface area contributed by atoms with Gasteiger partial charge in [0.15, 0.2) is 5.96 Å². The van der Waals surface area contributed by atoms with E-state index in [1.807, 2.05) is 0 Å². The Labute approximate surface area is 178 Å². The lowest BCUT2D eigenvalue weighted by atomic mass is 9.94. The second-order valence-corrected chi connectivity index (χ2v) is 8.68. The molecule has 2 fully saturated rings. The third kappa shape index (κ3) is 7.80. The molecule has 29 heavy (non-hydrogen) atoms. The van der Waals surface area contributed by atoms with Gasteiger partial charge in [0, 0.05) is 38.1 Å². The van der Waals surface area contributed by atoms with Gasteiger partial charge >= 0.3 is 0 Å². The van der Waals surface area contributed by atoms with Gasteiger partial charge in [0.1, 0.15) is 0 Å². The van der Waals surface area contributed by atoms with E-state index in [-0.39, 0.29) is 5.92 Å². The van der Waals surface area contributed by atoms with Gasteiger partial charge in [-0.05, 0) is 77.4 Å². The number of amides is 1. The van der Waals surface area contributed by atoms with Crippen molar-refractivity contribution in [2.45, 2.75) is 78.7 Å². The van der Waals surface area contributed by atoms with Gasteiger partial charge < -0.3 is 20.4 Å². The molecule has 2 N–H and O–H groups in total. The maximum atomic E-state index is 12.6. The third-order valence-electron chi connectivity index (χ3n) is 6.79. The van der Waals surface area contributed by atoms with Gasteiger partial charge in [-0.15, -0.1) is 0 Å². The highest BCUT2D eigenvalue weighted by molar-refractivity contribution is 5.80. The lowest BCUT2D eigenvalue weighted by Crippen LogP contribution is -2.50. The van der Waals surface area contributed by atoms with E-state index in [1.165, 1.54) is 38.9 Å². The Morgan fingerprint density at radius 2 is 1.66 bits per heavy atom. The van der Waals surface area contributed by atoms with Gasteiger partial charge in [0.2, 0.25) is 5.91 Å². The zero-order valence-corrected chi connectivity index (χ0v) is 19.4. The number of nitrogens with one attached hydrogen (secondary N) is 2. The first-order valence-electron chi connectivity index (χ1n) is 12.2. The van der Waals surface area contributed by atoms with Crippen molar-refractivity contribution >= 4 is 11.9 Å². The predicted octanol–water partition coefficient (Wildman–Crippen LogP) is 3.09. The van der Waals surface area contributed by atoms with Crippen LogP contribution in [0.3, 0.4) is 0 Å². The molecule has 2 heterocycles. The molecule has 0 atom stereocenters. The molecule has 0 aliphatic carbocycles. The van der Waals surface area contributed by atoms with Gasteiger partial charge in [-0.2, -0.15) is 0 Å². The van der Waals surface area contributed by atoms with Crippen LogP contribution in [0.15, 0.2) is 4.99 Å². The molecule has 0 aromatic rings. The highest BCUT2D eigenvalue weighted by Gasteiger charge is 2.26. The molecule has 0 unspecified atom stereocenters.